The molecule has 0 bridgehead atoms. The second-order valence-electron chi connectivity index (χ2n) is 3.66. The van der Waals surface area contributed by atoms with Crippen molar-refractivity contribution in [2.24, 2.45) is 0 Å². The van der Waals surface area contributed by atoms with Crippen LogP contribution in [-0.2, 0) is 0 Å². The van der Waals surface area contributed by atoms with Gasteiger partial charge >= 0.3 is 0 Å². The molecule has 2 heterocycles. The van der Waals surface area contributed by atoms with E-state index in [4.69, 9.17) is 10.00 Å². The molecular formula is C12H11N3O. The number of hydrogen-bond acceptors (Lipinski definition) is 4. The SMILES string of the molecule is CC(C)Oc1nc2cccnc2cc1C#N. The van der Waals surface area contributed by atoms with Crippen molar-refractivity contribution in [2.45, 2.75) is 20.0 Å². The first-order valence-electron chi connectivity index (χ1n) is 5.03. The lowest BCUT2D eigenvalue weighted by molar-refractivity contribution is 0.233. The molecule has 4 heteroatoms. The average molecular weight is 213 g/mol. The Balaban J connectivity index is 2.59. The highest BCUT2D eigenvalue weighted by Gasteiger charge is 2.09. The Morgan fingerprint density at radius 3 is 2.88 bits per heavy atom. The van der Waals surface area contributed by atoms with Gasteiger partial charge in [-0.1, -0.05) is 0 Å². The summed E-state index contributed by atoms with van der Waals surface area (Å²) in [6.07, 6.45) is 1.67. The molecule has 0 radical (unpaired) electrons. The molecule has 0 amide bonds. The van der Waals surface area contributed by atoms with E-state index in [0.29, 0.717) is 17.0 Å². The molecule has 0 aromatic carbocycles. The first-order chi connectivity index (χ1) is 7.70. The standard InChI is InChI=1S/C12H11N3O/c1-8(2)16-12-9(7-13)6-11-10(15-12)4-3-5-14-11/h3-6,8H,1-2H3. The minimum atomic E-state index is -0.00581. The van der Waals surface area contributed by atoms with Gasteiger partial charge in [-0.05, 0) is 32.0 Å². The number of nitriles is 1. The molecule has 16 heavy (non-hydrogen) atoms. The molecule has 80 valence electrons. The van der Waals surface area contributed by atoms with Gasteiger partial charge in [0.15, 0.2) is 0 Å². The summed E-state index contributed by atoms with van der Waals surface area (Å²) >= 11 is 0. The fourth-order valence-electron chi connectivity index (χ4n) is 1.38. The Labute approximate surface area is 93.5 Å². The highest BCUT2D eigenvalue weighted by molar-refractivity contribution is 5.76. The molecule has 0 saturated heterocycles. The predicted molar refractivity (Wildman–Crippen MR) is 60.0 cm³/mol. The van der Waals surface area contributed by atoms with Crippen LogP contribution >= 0.6 is 0 Å². The van der Waals surface area contributed by atoms with Crippen molar-refractivity contribution in [2.75, 3.05) is 0 Å². The molecular weight excluding hydrogens is 202 g/mol. The normalized spacial score (nSPS) is 10.4. The highest BCUT2D eigenvalue weighted by Crippen LogP contribution is 2.20. The van der Waals surface area contributed by atoms with Crippen molar-refractivity contribution in [3.05, 3.63) is 30.0 Å². The number of ether oxygens (including phenoxy) is 1. The van der Waals surface area contributed by atoms with Gasteiger partial charge in [-0.15, -0.1) is 0 Å². The molecule has 0 aliphatic heterocycles. The highest BCUT2D eigenvalue weighted by atomic mass is 16.5. The maximum absolute atomic E-state index is 8.99. The predicted octanol–water partition coefficient (Wildman–Crippen LogP) is 2.29. The van der Waals surface area contributed by atoms with Crippen molar-refractivity contribution >= 4 is 11.0 Å². The van der Waals surface area contributed by atoms with E-state index in [1.807, 2.05) is 19.9 Å². The van der Waals surface area contributed by atoms with Gasteiger partial charge < -0.3 is 4.74 Å². The summed E-state index contributed by atoms with van der Waals surface area (Å²) in [5.41, 5.74) is 1.85. The lowest BCUT2D eigenvalue weighted by Crippen LogP contribution is -2.08. The topological polar surface area (TPSA) is 58.8 Å². The Morgan fingerprint density at radius 1 is 1.38 bits per heavy atom. The molecule has 0 atom stereocenters. The lowest BCUT2D eigenvalue weighted by atomic mass is 10.2. The maximum Gasteiger partial charge on any atom is 0.232 e. The number of pyridine rings is 2. The van der Waals surface area contributed by atoms with Gasteiger partial charge in [0.25, 0.3) is 0 Å². The monoisotopic (exact) mass is 213 g/mol. The first kappa shape index (κ1) is 10.4. The molecule has 0 saturated carbocycles. The maximum atomic E-state index is 8.99. The fourth-order valence-corrected chi connectivity index (χ4v) is 1.38. The summed E-state index contributed by atoms with van der Waals surface area (Å²) in [5, 5.41) is 8.99. The summed E-state index contributed by atoms with van der Waals surface area (Å²) < 4.78 is 5.48. The van der Waals surface area contributed by atoms with E-state index in [9.17, 15) is 0 Å². The van der Waals surface area contributed by atoms with Gasteiger partial charge in [-0.25, -0.2) is 4.98 Å². The van der Waals surface area contributed by atoms with Gasteiger partial charge in [-0.3, -0.25) is 4.98 Å². The summed E-state index contributed by atoms with van der Waals surface area (Å²) in [7, 11) is 0. The van der Waals surface area contributed by atoms with Crippen LogP contribution in [0.3, 0.4) is 0 Å². The Kier molecular flexibility index (Phi) is 2.69. The quantitative estimate of drug-likeness (QED) is 0.767. The zero-order chi connectivity index (χ0) is 11.5. The molecule has 0 fully saturated rings. The Hall–Kier alpha value is -2.15. The van der Waals surface area contributed by atoms with E-state index in [0.717, 1.165) is 5.52 Å². The van der Waals surface area contributed by atoms with Crippen molar-refractivity contribution < 1.29 is 4.74 Å². The second kappa shape index (κ2) is 4.15. The number of fused-ring (bicyclic) bond motifs is 1. The summed E-state index contributed by atoms with van der Waals surface area (Å²) in [6, 6.07) is 7.41. The minimum absolute atomic E-state index is 0.00581. The summed E-state index contributed by atoms with van der Waals surface area (Å²) in [4.78, 5) is 8.42. The second-order valence-corrected chi connectivity index (χ2v) is 3.66. The molecule has 0 unspecified atom stereocenters. The molecule has 2 aromatic rings. The van der Waals surface area contributed by atoms with Crippen LogP contribution in [0.15, 0.2) is 24.4 Å². The van der Waals surface area contributed by atoms with Gasteiger partial charge in [-0.2, -0.15) is 5.26 Å². The third-order valence-electron chi connectivity index (χ3n) is 2.02. The largest absolute Gasteiger partial charge is 0.474 e. The number of aromatic nitrogens is 2. The van der Waals surface area contributed by atoms with Crippen molar-refractivity contribution in [1.29, 1.82) is 5.26 Å². The Bertz CT molecular complexity index is 558. The molecule has 4 nitrogen and oxygen atoms in total. The van der Waals surface area contributed by atoms with Crippen molar-refractivity contribution in [3.63, 3.8) is 0 Å². The van der Waals surface area contributed by atoms with Gasteiger partial charge in [0.2, 0.25) is 5.88 Å². The Morgan fingerprint density at radius 2 is 2.19 bits per heavy atom. The number of nitrogens with zero attached hydrogens (tertiary/aromatic N) is 3. The number of rotatable bonds is 2. The van der Waals surface area contributed by atoms with Crippen LogP contribution in [0.4, 0.5) is 0 Å². The van der Waals surface area contributed by atoms with E-state index >= 15 is 0 Å². The molecule has 0 aliphatic carbocycles. The molecule has 0 aliphatic rings. The van der Waals surface area contributed by atoms with Crippen LogP contribution in [0.25, 0.3) is 11.0 Å². The molecule has 2 aromatic heterocycles. The van der Waals surface area contributed by atoms with Crippen LogP contribution in [0, 0.1) is 11.3 Å². The zero-order valence-electron chi connectivity index (χ0n) is 9.14. The van der Waals surface area contributed by atoms with Gasteiger partial charge in [0, 0.05) is 6.20 Å². The van der Waals surface area contributed by atoms with Crippen LogP contribution in [-0.4, -0.2) is 16.1 Å². The first-order valence-corrected chi connectivity index (χ1v) is 5.03. The number of hydrogen-bond donors (Lipinski definition) is 0. The molecule has 0 N–H and O–H groups in total. The fraction of sp³-hybridized carbons (Fsp3) is 0.250. The van der Waals surface area contributed by atoms with E-state index < -0.39 is 0 Å². The van der Waals surface area contributed by atoms with E-state index in [2.05, 4.69) is 16.0 Å². The lowest BCUT2D eigenvalue weighted by Gasteiger charge is -2.10. The minimum Gasteiger partial charge on any atom is -0.474 e. The molecule has 0 spiro atoms. The van der Waals surface area contributed by atoms with Crippen LogP contribution in [0.5, 0.6) is 5.88 Å². The van der Waals surface area contributed by atoms with E-state index in [1.165, 1.54) is 0 Å². The van der Waals surface area contributed by atoms with Crippen LogP contribution in [0.2, 0.25) is 0 Å². The molecule has 2 rings (SSSR count). The van der Waals surface area contributed by atoms with Crippen molar-refractivity contribution in [3.8, 4) is 11.9 Å². The van der Waals surface area contributed by atoms with Crippen LogP contribution < -0.4 is 4.74 Å². The smallest absolute Gasteiger partial charge is 0.232 e. The van der Waals surface area contributed by atoms with E-state index in [-0.39, 0.29) is 6.10 Å². The van der Waals surface area contributed by atoms with Gasteiger partial charge in [0.05, 0.1) is 17.1 Å². The summed E-state index contributed by atoms with van der Waals surface area (Å²) in [6.45, 7) is 3.80. The summed E-state index contributed by atoms with van der Waals surface area (Å²) in [5.74, 6) is 0.373. The average Bonchev–Trinajstić information content (AvgIpc) is 2.27. The zero-order valence-corrected chi connectivity index (χ0v) is 9.14. The van der Waals surface area contributed by atoms with Crippen molar-refractivity contribution in [1.82, 2.24) is 9.97 Å². The van der Waals surface area contributed by atoms with Crippen LogP contribution in [0.1, 0.15) is 19.4 Å². The third kappa shape index (κ3) is 1.94. The van der Waals surface area contributed by atoms with Gasteiger partial charge in [0.1, 0.15) is 11.6 Å². The van der Waals surface area contributed by atoms with E-state index in [1.54, 1.807) is 18.3 Å². The third-order valence-corrected chi connectivity index (χ3v) is 2.02.